The summed E-state index contributed by atoms with van der Waals surface area (Å²) in [4.78, 5) is 2.84. The van der Waals surface area contributed by atoms with Crippen molar-refractivity contribution in [3.8, 4) is 11.3 Å². The highest BCUT2D eigenvalue weighted by Gasteiger charge is 2.53. The van der Waals surface area contributed by atoms with E-state index in [2.05, 4.69) is 15.2 Å². The highest BCUT2D eigenvalue weighted by Crippen LogP contribution is 2.38. The molecule has 0 radical (unpaired) electrons. The minimum absolute atomic E-state index is 0.278. The van der Waals surface area contributed by atoms with Crippen molar-refractivity contribution in [3.63, 3.8) is 0 Å². The number of alkyl halides is 3. The van der Waals surface area contributed by atoms with Crippen molar-refractivity contribution in [1.82, 2.24) is 15.2 Å². The zero-order valence-electron chi connectivity index (χ0n) is 14.5. The van der Waals surface area contributed by atoms with Gasteiger partial charge in [0.05, 0.1) is 5.69 Å². The van der Waals surface area contributed by atoms with Crippen LogP contribution in [0.15, 0.2) is 42.5 Å². The van der Waals surface area contributed by atoms with Crippen LogP contribution in [0, 0.1) is 5.92 Å². The van der Waals surface area contributed by atoms with E-state index in [-0.39, 0.29) is 18.0 Å². The van der Waals surface area contributed by atoms with Crippen molar-refractivity contribution < 1.29 is 18.3 Å². The van der Waals surface area contributed by atoms with Gasteiger partial charge < -0.3 is 10.1 Å². The maximum absolute atomic E-state index is 13.4. The van der Waals surface area contributed by atoms with E-state index in [1.54, 1.807) is 26.0 Å². The maximum atomic E-state index is 13.4. The van der Waals surface area contributed by atoms with E-state index < -0.39 is 18.2 Å². The van der Waals surface area contributed by atoms with E-state index >= 15 is 0 Å². The van der Waals surface area contributed by atoms with E-state index in [0.717, 1.165) is 5.56 Å². The molecular weight excluding hydrogens is 343 g/mol. The van der Waals surface area contributed by atoms with E-state index in [9.17, 15) is 18.3 Å². The molecule has 0 fully saturated rings. The van der Waals surface area contributed by atoms with E-state index in [1.165, 1.54) is 0 Å². The van der Waals surface area contributed by atoms with Crippen LogP contribution in [0.1, 0.15) is 26.0 Å². The van der Waals surface area contributed by atoms with Gasteiger partial charge in [0, 0.05) is 23.1 Å². The molecule has 0 amide bonds. The highest BCUT2D eigenvalue weighted by molar-refractivity contribution is 5.80. The Kier molecular flexibility index (Phi) is 4.75. The molecule has 0 saturated heterocycles. The summed E-state index contributed by atoms with van der Waals surface area (Å²) < 4.78 is 40.2. The Labute approximate surface area is 149 Å². The predicted octanol–water partition coefficient (Wildman–Crippen LogP) is 4.51. The van der Waals surface area contributed by atoms with Crippen molar-refractivity contribution >= 4 is 11.0 Å². The third-order valence-corrected chi connectivity index (χ3v) is 4.26. The maximum Gasteiger partial charge on any atom is 0.417 e. The zero-order valence-corrected chi connectivity index (χ0v) is 14.5. The molecule has 7 heteroatoms. The Hall–Kier alpha value is -2.41. The van der Waals surface area contributed by atoms with Crippen molar-refractivity contribution in [2.45, 2.75) is 38.5 Å². The molecule has 0 saturated carbocycles. The lowest BCUT2D eigenvalue weighted by Crippen LogP contribution is -2.48. The van der Waals surface area contributed by atoms with Crippen LogP contribution in [0.3, 0.4) is 0 Å². The lowest BCUT2D eigenvalue weighted by atomic mass is 9.87. The first-order valence-corrected chi connectivity index (χ1v) is 8.38. The van der Waals surface area contributed by atoms with E-state index in [1.807, 2.05) is 30.3 Å². The SMILES string of the molecule is CC(C)CC(O)(Cc1cc2cc(-c3ccccc3)nnc2[nH]1)C(F)(F)F. The van der Waals surface area contributed by atoms with Crippen LogP contribution in [0.25, 0.3) is 22.3 Å². The normalized spacial score (nSPS) is 14.7. The Morgan fingerprint density at radius 2 is 1.77 bits per heavy atom. The van der Waals surface area contributed by atoms with Crippen LogP contribution in [0.5, 0.6) is 0 Å². The largest absolute Gasteiger partial charge is 0.417 e. The molecule has 0 spiro atoms. The number of fused-ring (bicyclic) bond motifs is 1. The number of benzene rings is 1. The first-order chi connectivity index (χ1) is 12.2. The summed E-state index contributed by atoms with van der Waals surface area (Å²) in [6.45, 7) is 3.30. The quantitative estimate of drug-likeness (QED) is 0.701. The van der Waals surface area contributed by atoms with Crippen LogP contribution >= 0.6 is 0 Å². The number of nitrogens with zero attached hydrogens (tertiary/aromatic N) is 2. The fourth-order valence-electron chi connectivity index (χ4n) is 3.11. The molecule has 2 heterocycles. The summed E-state index contributed by atoms with van der Waals surface area (Å²) in [7, 11) is 0. The summed E-state index contributed by atoms with van der Waals surface area (Å²) >= 11 is 0. The summed E-state index contributed by atoms with van der Waals surface area (Å²) in [6, 6.07) is 12.8. The molecule has 3 aromatic rings. The number of aromatic nitrogens is 3. The van der Waals surface area contributed by atoms with Gasteiger partial charge in [0.2, 0.25) is 0 Å². The molecule has 0 aliphatic heterocycles. The predicted molar refractivity (Wildman–Crippen MR) is 93.5 cm³/mol. The highest BCUT2D eigenvalue weighted by atomic mass is 19.4. The zero-order chi connectivity index (χ0) is 18.9. The van der Waals surface area contributed by atoms with Gasteiger partial charge in [-0.1, -0.05) is 44.2 Å². The standard InChI is InChI=1S/C19H20F3N3O/c1-12(2)10-18(26,19(20,21)22)11-15-8-14-9-16(24-25-17(14)23-15)13-6-4-3-5-7-13/h3-9,12,26H,10-11H2,1-2H3,(H,23,25). The van der Waals surface area contributed by atoms with Gasteiger partial charge in [-0.05, 0) is 24.5 Å². The topological polar surface area (TPSA) is 61.8 Å². The van der Waals surface area contributed by atoms with Gasteiger partial charge in [-0.25, -0.2) is 0 Å². The van der Waals surface area contributed by atoms with Crippen molar-refractivity contribution in [1.29, 1.82) is 0 Å². The monoisotopic (exact) mass is 363 g/mol. The third kappa shape index (κ3) is 3.72. The average molecular weight is 363 g/mol. The fourth-order valence-corrected chi connectivity index (χ4v) is 3.11. The van der Waals surface area contributed by atoms with Gasteiger partial charge in [-0.2, -0.15) is 13.2 Å². The van der Waals surface area contributed by atoms with Gasteiger partial charge >= 0.3 is 6.18 Å². The summed E-state index contributed by atoms with van der Waals surface area (Å²) in [5.41, 5.74) is -0.598. The molecule has 0 aliphatic carbocycles. The number of hydrogen-bond donors (Lipinski definition) is 2. The second-order valence-electron chi connectivity index (χ2n) is 7.00. The van der Waals surface area contributed by atoms with Crippen LogP contribution in [0.2, 0.25) is 0 Å². The summed E-state index contributed by atoms with van der Waals surface area (Å²) in [5.74, 6) is -0.296. The summed E-state index contributed by atoms with van der Waals surface area (Å²) in [5, 5.41) is 19.1. The number of hydrogen-bond acceptors (Lipinski definition) is 3. The first-order valence-electron chi connectivity index (χ1n) is 8.38. The number of nitrogens with one attached hydrogen (secondary N) is 1. The molecule has 26 heavy (non-hydrogen) atoms. The van der Waals surface area contributed by atoms with E-state index in [0.29, 0.717) is 16.7 Å². The van der Waals surface area contributed by atoms with Gasteiger partial charge in [0.25, 0.3) is 0 Å². The molecule has 2 N–H and O–H groups in total. The van der Waals surface area contributed by atoms with Crippen LogP contribution in [0.4, 0.5) is 13.2 Å². The summed E-state index contributed by atoms with van der Waals surface area (Å²) in [6.07, 6.45) is -5.63. The van der Waals surface area contributed by atoms with Crippen LogP contribution in [-0.2, 0) is 6.42 Å². The molecule has 0 bridgehead atoms. The van der Waals surface area contributed by atoms with Crippen molar-refractivity contribution in [3.05, 3.63) is 48.2 Å². The molecule has 2 aromatic heterocycles. The number of halogens is 3. The molecular formula is C19H20F3N3O. The van der Waals surface area contributed by atoms with Gasteiger partial charge in [0.1, 0.15) is 0 Å². The van der Waals surface area contributed by atoms with E-state index in [4.69, 9.17) is 0 Å². The smallest absolute Gasteiger partial charge is 0.380 e. The minimum Gasteiger partial charge on any atom is -0.380 e. The van der Waals surface area contributed by atoms with Crippen LogP contribution < -0.4 is 0 Å². The molecule has 4 nitrogen and oxygen atoms in total. The minimum atomic E-state index is -4.71. The number of aromatic amines is 1. The number of H-pyrrole nitrogens is 1. The molecule has 138 valence electrons. The Balaban J connectivity index is 1.93. The van der Waals surface area contributed by atoms with Gasteiger partial charge in [0.15, 0.2) is 11.2 Å². The van der Waals surface area contributed by atoms with Gasteiger partial charge in [-0.15, -0.1) is 10.2 Å². The Morgan fingerprint density at radius 3 is 2.38 bits per heavy atom. The van der Waals surface area contributed by atoms with Crippen molar-refractivity contribution in [2.24, 2.45) is 5.92 Å². The first kappa shape index (κ1) is 18.4. The third-order valence-electron chi connectivity index (χ3n) is 4.26. The average Bonchev–Trinajstić information content (AvgIpc) is 2.94. The number of rotatable bonds is 5. The lowest BCUT2D eigenvalue weighted by molar-refractivity contribution is -0.265. The molecule has 0 aliphatic rings. The molecule has 3 rings (SSSR count). The van der Waals surface area contributed by atoms with Crippen molar-refractivity contribution in [2.75, 3.05) is 0 Å². The fraction of sp³-hybridized carbons (Fsp3) is 0.368. The second kappa shape index (κ2) is 6.72. The Bertz CT molecular complexity index is 890. The second-order valence-corrected chi connectivity index (χ2v) is 7.00. The molecule has 1 unspecified atom stereocenters. The molecule has 1 atom stereocenters. The van der Waals surface area contributed by atoms with Crippen LogP contribution in [-0.4, -0.2) is 32.1 Å². The lowest BCUT2D eigenvalue weighted by Gasteiger charge is -2.31. The number of aliphatic hydroxyl groups is 1. The van der Waals surface area contributed by atoms with Gasteiger partial charge in [-0.3, -0.25) is 0 Å². The Morgan fingerprint density at radius 1 is 1.08 bits per heavy atom. The molecule has 1 aromatic carbocycles.